The van der Waals surface area contributed by atoms with E-state index in [1.54, 1.807) is 20.8 Å². The van der Waals surface area contributed by atoms with E-state index in [1.807, 2.05) is 0 Å². The van der Waals surface area contributed by atoms with E-state index in [0.717, 1.165) is 6.26 Å². The molecule has 1 heterocycles. The lowest BCUT2D eigenvalue weighted by Gasteiger charge is -2.28. The Bertz CT molecular complexity index is 414. The molecule has 0 saturated carbocycles. The molecule has 0 aliphatic carbocycles. The molecular formula is C10H20N2O5S. The third kappa shape index (κ3) is 4.11. The molecule has 1 aliphatic heterocycles. The minimum atomic E-state index is -3.16. The Balaban J connectivity index is 2.60. The summed E-state index contributed by atoms with van der Waals surface area (Å²) in [4.78, 5) is 11.6. The number of sulfone groups is 1. The first kappa shape index (κ1) is 15.2. The van der Waals surface area contributed by atoms with Gasteiger partial charge in [0.1, 0.15) is 5.60 Å². The average Bonchev–Trinajstić information content (AvgIpc) is 2.61. The van der Waals surface area contributed by atoms with Crippen molar-refractivity contribution in [2.75, 3.05) is 19.3 Å². The summed E-state index contributed by atoms with van der Waals surface area (Å²) >= 11 is 0. The van der Waals surface area contributed by atoms with Gasteiger partial charge in [-0.25, -0.2) is 13.2 Å². The average molecular weight is 280 g/mol. The second-order valence-corrected chi connectivity index (χ2v) is 7.75. The van der Waals surface area contributed by atoms with Crippen molar-refractivity contribution in [2.24, 2.45) is 0 Å². The largest absolute Gasteiger partial charge is 0.450 e. The molecule has 1 aliphatic rings. The van der Waals surface area contributed by atoms with Crippen LogP contribution in [0.3, 0.4) is 0 Å². The molecule has 1 saturated heterocycles. The molecule has 1 rings (SSSR count). The fourth-order valence-corrected chi connectivity index (χ4v) is 2.63. The highest BCUT2D eigenvalue weighted by atomic mass is 32.2. The van der Waals surface area contributed by atoms with Crippen molar-refractivity contribution in [1.82, 2.24) is 10.2 Å². The summed E-state index contributed by atoms with van der Waals surface area (Å²) in [7, 11) is -3.16. The maximum Gasteiger partial charge on any atom is 0.450 e. The van der Waals surface area contributed by atoms with E-state index in [9.17, 15) is 18.4 Å². The highest BCUT2D eigenvalue weighted by Crippen LogP contribution is 2.19. The lowest BCUT2D eigenvalue weighted by molar-refractivity contribution is -0.213. The molecule has 0 aromatic rings. The molecule has 0 radical (unpaired) electrons. The van der Waals surface area contributed by atoms with Gasteiger partial charge in [-0.2, -0.15) is 5.01 Å². The first-order valence-corrected chi connectivity index (χ1v) is 7.62. The van der Waals surface area contributed by atoms with Crippen molar-refractivity contribution in [2.45, 2.75) is 38.0 Å². The minimum Gasteiger partial charge on any atom is -0.441 e. The fraction of sp³-hybridized carbons (Fsp3) is 0.900. The summed E-state index contributed by atoms with van der Waals surface area (Å²) in [5, 5.41) is 10.7. The molecule has 8 heteroatoms. The normalized spacial score (nSPS) is 21.9. The maximum absolute atomic E-state index is 11.6. The van der Waals surface area contributed by atoms with Crippen molar-refractivity contribution >= 4 is 15.9 Å². The van der Waals surface area contributed by atoms with Gasteiger partial charge in [0.15, 0.2) is 9.84 Å². The molecule has 18 heavy (non-hydrogen) atoms. The van der Waals surface area contributed by atoms with Gasteiger partial charge in [-0.05, 0) is 27.2 Å². The third-order valence-electron chi connectivity index (χ3n) is 2.55. The molecule has 106 valence electrons. The minimum absolute atomic E-state index is 0.0918. The molecule has 0 aromatic carbocycles. The summed E-state index contributed by atoms with van der Waals surface area (Å²) in [6.07, 6.45) is 0.631. The Labute approximate surface area is 107 Å². The first-order chi connectivity index (χ1) is 8.00. The van der Waals surface area contributed by atoms with Crippen molar-refractivity contribution in [1.29, 1.82) is 0 Å². The number of hydrogen-bond donors (Lipinski definition) is 1. The molecule has 1 unspecified atom stereocenters. The van der Waals surface area contributed by atoms with Gasteiger partial charge in [-0.1, -0.05) is 0 Å². The molecule has 0 aromatic heterocycles. The summed E-state index contributed by atoms with van der Waals surface area (Å²) in [5.74, 6) is 0. The first-order valence-electron chi connectivity index (χ1n) is 5.66. The maximum atomic E-state index is 11.6. The van der Waals surface area contributed by atoms with Crippen LogP contribution in [-0.4, -0.2) is 60.1 Å². The zero-order chi connectivity index (χ0) is 14.1. The van der Waals surface area contributed by atoms with E-state index >= 15 is 0 Å². The molecule has 1 N–H and O–H groups in total. The number of hydroxylamine groups is 1. The second-order valence-electron chi connectivity index (χ2n) is 5.42. The number of carbonyl (C=O) groups excluding carboxylic acids is 1. The monoisotopic (exact) mass is 280 g/mol. The van der Waals surface area contributed by atoms with Crippen LogP contribution in [0, 0.1) is 0 Å². The van der Waals surface area contributed by atoms with Gasteiger partial charge in [0, 0.05) is 19.3 Å². The molecule has 7 nitrogen and oxygen atoms in total. The number of hydrogen-bond acceptors (Lipinski definition) is 6. The van der Waals surface area contributed by atoms with Gasteiger partial charge >= 0.3 is 6.09 Å². The van der Waals surface area contributed by atoms with Gasteiger partial charge in [0.25, 0.3) is 0 Å². The van der Waals surface area contributed by atoms with Gasteiger partial charge in [-0.3, -0.25) is 5.21 Å². The summed E-state index contributed by atoms with van der Waals surface area (Å²) in [6.45, 7) is 5.44. The van der Waals surface area contributed by atoms with Crippen LogP contribution in [0.5, 0.6) is 0 Å². The number of hydrazine groups is 1. The predicted octanol–water partition coefficient (Wildman–Crippen LogP) is 0.647. The summed E-state index contributed by atoms with van der Waals surface area (Å²) in [5.41, 5.74) is -0.714. The standard InChI is InChI=1S/C10H20N2O5S/c1-10(2,3)17-9(13)12(14)11-6-5-8(7-11)18(4,15)16/h8,14H,5-7H2,1-4H3. The van der Waals surface area contributed by atoms with Crippen LogP contribution in [0.25, 0.3) is 0 Å². The zero-order valence-electron chi connectivity index (χ0n) is 11.1. The Morgan fingerprint density at radius 3 is 2.39 bits per heavy atom. The van der Waals surface area contributed by atoms with Gasteiger partial charge < -0.3 is 4.74 Å². The highest BCUT2D eigenvalue weighted by Gasteiger charge is 2.35. The van der Waals surface area contributed by atoms with Gasteiger partial charge in [0.05, 0.1) is 5.25 Å². The highest BCUT2D eigenvalue weighted by molar-refractivity contribution is 7.91. The van der Waals surface area contributed by atoms with E-state index in [0.29, 0.717) is 18.1 Å². The zero-order valence-corrected chi connectivity index (χ0v) is 11.9. The molecule has 1 amide bonds. The molecular weight excluding hydrogens is 260 g/mol. The molecule has 1 fully saturated rings. The topological polar surface area (TPSA) is 87.2 Å². The van der Waals surface area contributed by atoms with Crippen LogP contribution in [0.15, 0.2) is 0 Å². The van der Waals surface area contributed by atoms with Crippen LogP contribution in [0.1, 0.15) is 27.2 Å². The third-order valence-corrected chi connectivity index (χ3v) is 4.15. The van der Waals surface area contributed by atoms with Crippen LogP contribution in [-0.2, 0) is 14.6 Å². The number of amides is 1. The number of nitrogens with zero attached hydrogens (tertiary/aromatic N) is 2. The summed E-state index contributed by atoms with van der Waals surface area (Å²) < 4.78 is 27.7. The fourth-order valence-electron chi connectivity index (χ4n) is 1.65. The Hall–Kier alpha value is -0.860. The van der Waals surface area contributed by atoms with Crippen LogP contribution >= 0.6 is 0 Å². The number of carbonyl (C=O) groups is 1. The molecule has 1 atom stereocenters. The number of rotatable bonds is 2. The van der Waals surface area contributed by atoms with Crippen LogP contribution in [0.4, 0.5) is 4.79 Å². The van der Waals surface area contributed by atoms with Crippen molar-refractivity contribution in [3.05, 3.63) is 0 Å². The van der Waals surface area contributed by atoms with E-state index in [1.165, 1.54) is 5.01 Å². The lowest BCUT2D eigenvalue weighted by atomic mass is 10.2. The van der Waals surface area contributed by atoms with Crippen molar-refractivity contribution < 1.29 is 23.2 Å². The molecule has 0 bridgehead atoms. The van der Waals surface area contributed by atoms with Crippen molar-refractivity contribution in [3.8, 4) is 0 Å². The summed E-state index contributed by atoms with van der Waals surface area (Å²) in [6, 6.07) is 0. The Morgan fingerprint density at radius 2 is 2.00 bits per heavy atom. The van der Waals surface area contributed by atoms with Gasteiger partial charge in [0.2, 0.25) is 0 Å². The Kier molecular flexibility index (Phi) is 4.24. The van der Waals surface area contributed by atoms with Gasteiger partial charge in [-0.15, -0.1) is 5.17 Å². The SMILES string of the molecule is CC(C)(C)OC(=O)N(O)N1CCC(S(C)(=O)=O)C1. The van der Waals surface area contributed by atoms with Crippen LogP contribution < -0.4 is 0 Å². The quantitative estimate of drug-likeness (QED) is 0.590. The second kappa shape index (κ2) is 5.02. The smallest absolute Gasteiger partial charge is 0.441 e. The van der Waals surface area contributed by atoms with E-state index in [-0.39, 0.29) is 6.54 Å². The lowest BCUT2D eigenvalue weighted by Crippen LogP contribution is -2.46. The van der Waals surface area contributed by atoms with Crippen molar-refractivity contribution in [3.63, 3.8) is 0 Å². The predicted molar refractivity (Wildman–Crippen MR) is 64.7 cm³/mol. The van der Waals surface area contributed by atoms with E-state index in [2.05, 4.69) is 0 Å². The molecule has 0 spiro atoms. The Morgan fingerprint density at radius 1 is 1.44 bits per heavy atom. The van der Waals surface area contributed by atoms with E-state index in [4.69, 9.17) is 4.74 Å². The number of ether oxygens (including phenoxy) is 1. The van der Waals surface area contributed by atoms with Crippen LogP contribution in [0.2, 0.25) is 0 Å². The van der Waals surface area contributed by atoms with E-state index < -0.39 is 26.8 Å².